The first kappa shape index (κ1) is 10.9. The number of fused-ring (bicyclic) bond motifs is 1. The summed E-state index contributed by atoms with van der Waals surface area (Å²) in [4.78, 5) is 5.23. The van der Waals surface area contributed by atoms with Gasteiger partial charge in [-0.05, 0) is 6.92 Å². The van der Waals surface area contributed by atoms with Gasteiger partial charge in [0.2, 0.25) is 0 Å². The maximum Gasteiger partial charge on any atom is 0.191 e. The largest absolute Gasteiger partial charge is 0.484 e. The first-order valence-corrected chi connectivity index (χ1v) is 6.38. The fourth-order valence-electron chi connectivity index (χ4n) is 1.81. The second-order valence-corrected chi connectivity index (χ2v) is 5.32. The standard InChI is InChI=1S/C11H10ClNO3S/c1-5-7(13-6(2)16-5)10-8-9(11(12)17-10)15-4-3-14-8/h3-4H2,1-2H3. The number of thiophene rings is 1. The predicted molar refractivity (Wildman–Crippen MR) is 65.3 cm³/mol. The van der Waals surface area contributed by atoms with Gasteiger partial charge in [-0.3, -0.25) is 0 Å². The molecule has 0 saturated heterocycles. The van der Waals surface area contributed by atoms with Crippen LogP contribution in [0.25, 0.3) is 10.6 Å². The van der Waals surface area contributed by atoms with Crippen LogP contribution in [0.4, 0.5) is 0 Å². The van der Waals surface area contributed by atoms with Crippen molar-refractivity contribution in [3.63, 3.8) is 0 Å². The second-order valence-electron chi connectivity index (χ2n) is 3.70. The number of nitrogens with zero attached hydrogens (tertiary/aromatic N) is 1. The van der Waals surface area contributed by atoms with E-state index in [1.165, 1.54) is 11.3 Å². The fraction of sp³-hybridized carbons (Fsp3) is 0.364. The molecule has 2 aromatic heterocycles. The van der Waals surface area contributed by atoms with Crippen LogP contribution in [0.3, 0.4) is 0 Å². The Bertz CT molecular complexity index is 576. The molecule has 0 aliphatic carbocycles. The van der Waals surface area contributed by atoms with Crippen LogP contribution in [0.2, 0.25) is 4.34 Å². The van der Waals surface area contributed by atoms with Gasteiger partial charge in [0.15, 0.2) is 17.4 Å². The Hall–Kier alpha value is -1.20. The van der Waals surface area contributed by atoms with E-state index in [-0.39, 0.29) is 0 Å². The van der Waals surface area contributed by atoms with Crippen molar-refractivity contribution < 1.29 is 13.9 Å². The number of rotatable bonds is 1. The molecule has 0 N–H and O–H groups in total. The van der Waals surface area contributed by atoms with Crippen molar-refractivity contribution in [3.05, 3.63) is 16.0 Å². The van der Waals surface area contributed by atoms with Gasteiger partial charge in [0.25, 0.3) is 0 Å². The SMILES string of the molecule is Cc1nc(-c2sc(Cl)c3c2OCCO3)c(C)o1. The summed E-state index contributed by atoms with van der Waals surface area (Å²) >= 11 is 7.53. The van der Waals surface area contributed by atoms with E-state index in [9.17, 15) is 0 Å². The van der Waals surface area contributed by atoms with Gasteiger partial charge < -0.3 is 13.9 Å². The Morgan fingerprint density at radius 2 is 1.88 bits per heavy atom. The molecule has 0 radical (unpaired) electrons. The quantitative estimate of drug-likeness (QED) is 0.797. The molecule has 0 bridgehead atoms. The van der Waals surface area contributed by atoms with Crippen LogP contribution in [0.5, 0.6) is 11.5 Å². The van der Waals surface area contributed by atoms with Crippen molar-refractivity contribution in [2.75, 3.05) is 13.2 Å². The van der Waals surface area contributed by atoms with Crippen molar-refractivity contribution in [1.82, 2.24) is 4.98 Å². The molecule has 0 aromatic carbocycles. The van der Waals surface area contributed by atoms with Crippen LogP contribution >= 0.6 is 22.9 Å². The van der Waals surface area contributed by atoms with Crippen molar-refractivity contribution >= 4 is 22.9 Å². The molecule has 17 heavy (non-hydrogen) atoms. The molecule has 6 heteroatoms. The zero-order valence-electron chi connectivity index (χ0n) is 9.37. The Morgan fingerprint density at radius 1 is 1.18 bits per heavy atom. The molecular formula is C11H10ClNO3S. The lowest BCUT2D eigenvalue weighted by Crippen LogP contribution is -2.14. The van der Waals surface area contributed by atoms with Gasteiger partial charge in [0, 0.05) is 6.92 Å². The third-order valence-electron chi connectivity index (χ3n) is 2.48. The molecule has 3 rings (SSSR count). The molecule has 90 valence electrons. The van der Waals surface area contributed by atoms with Crippen LogP contribution in [-0.4, -0.2) is 18.2 Å². The summed E-state index contributed by atoms with van der Waals surface area (Å²) in [6, 6.07) is 0. The first-order chi connectivity index (χ1) is 8.16. The number of hydrogen-bond donors (Lipinski definition) is 0. The molecule has 1 aliphatic heterocycles. The van der Waals surface area contributed by atoms with E-state index in [0.29, 0.717) is 34.9 Å². The van der Waals surface area contributed by atoms with Crippen LogP contribution in [0.15, 0.2) is 4.42 Å². The van der Waals surface area contributed by atoms with Gasteiger partial charge in [-0.15, -0.1) is 11.3 Å². The number of aryl methyl sites for hydroxylation is 2. The van der Waals surface area contributed by atoms with Gasteiger partial charge in [-0.2, -0.15) is 0 Å². The molecule has 2 aromatic rings. The van der Waals surface area contributed by atoms with Crippen molar-refractivity contribution in [3.8, 4) is 22.1 Å². The summed E-state index contributed by atoms with van der Waals surface area (Å²) in [6.45, 7) is 4.75. The summed E-state index contributed by atoms with van der Waals surface area (Å²) in [5, 5.41) is 0. The highest BCUT2D eigenvalue weighted by atomic mass is 35.5. The summed E-state index contributed by atoms with van der Waals surface area (Å²) in [5.74, 6) is 2.70. The second kappa shape index (κ2) is 3.92. The van der Waals surface area contributed by atoms with Gasteiger partial charge in [-0.25, -0.2) is 4.98 Å². The van der Waals surface area contributed by atoms with E-state index >= 15 is 0 Å². The lowest BCUT2D eigenvalue weighted by molar-refractivity contribution is 0.174. The van der Waals surface area contributed by atoms with E-state index in [1.54, 1.807) is 0 Å². The Morgan fingerprint density at radius 3 is 2.53 bits per heavy atom. The van der Waals surface area contributed by atoms with Crippen LogP contribution in [-0.2, 0) is 0 Å². The average Bonchev–Trinajstić information content (AvgIpc) is 2.80. The number of ether oxygens (including phenoxy) is 2. The number of hydrogen-bond acceptors (Lipinski definition) is 5. The fourth-order valence-corrected chi connectivity index (χ4v) is 3.14. The highest BCUT2D eigenvalue weighted by molar-refractivity contribution is 7.20. The van der Waals surface area contributed by atoms with Gasteiger partial charge in [0.05, 0.1) is 0 Å². The highest BCUT2D eigenvalue weighted by Crippen LogP contribution is 2.51. The van der Waals surface area contributed by atoms with Crippen LogP contribution < -0.4 is 9.47 Å². The summed E-state index contributed by atoms with van der Waals surface area (Å²) < 4.78 is 17.1. The highest BCUT2D eigenvalue weighted by Gasteiger charge is 2.27. The summed E-state index contributed by atoms with van der Waals surface area (Å²) in [5.41, 5.74) is 0.779. The average molecular weight is 272 g/mol. The number of halogens is 1. The third-order valence-corrected chi connectivity index (χ3v) is 3.83. The maximum atomic E-state index is 6.13. The van der Waals surface area contributed by atoms with Crippen molar-refractivity contribution in [2.45, 2.75) is 13.8 Å². The minimum atomic E-state index is 0.527. The summed E-state index contributed by atoms with van der Waals surface area (Å²) in [6.07, 6.45) is 0. The smallest absolute Gasteiger partial charge is 0.191 e. The Balaban J connectivity index is 2.18. The topological polar surface area (TPSA) is 44.5 Å². The van der Waals surface area contributed by atoms with E-state index < -0.39 is 0 Å². The van der Waals surface area contributed by atoms with E-state index in [1.807, 2.05) is 13.8 Å². The molecule has 4 nitrogen and oxygen atoms in total. The molecular weight excluding hydrogens is 262 g/mol. The number of aromatic nitrogens is 1. The minimum absolute atomic E-state index is 0.527. The third kappa shape index (κ3) is 1.70. The maximum absolute atomic E-state index is 6.13. The normalized spacial score (nSPS) is 14.1. The van der Waals surface area contributed by atoms with E-state index in [4.69, 9.17) is 25.5 Å². The van der Waals surface area contributed by atoms with Crippen molar-refractivity contribution in [2.24, 2.45) is 0 Å². The number of oxazole rings is 1. The molecule has 0 atom stereocenters. The zero-order valence-corrected chi connectivity index (χ0v) is 10.9. The molecule has 3 heterocycles. The molecule has 0 unspecified atom stereocenters. The first-order valence-electron chi connectivity index (χ1n) is 5.19. The lowest BCUT2D eigenvalue weighted by atomic mass is 10.3. The molecule has 0 fully saturated rings. The molecule has 0 saturated carbocycles. The van der Waals surface area contributed by atoms with Crippen LogP contribution in [0.1, 0.15) is 11.7 Å². The van der Waals surface area contributed by atoms with Crippen LogP contribution in [0, 0.1) is 13.8 Å². The van der Waals surface area contributed by atoms with Gasteiger partial charge in [0.1, 0.15) is 33.9 Å². The van der Waals surface area contributed by atoms with Gasteiger partial charge >= 0.3 is 0 Å². The Kier molecular flexibility index (Phi) is 2.52. The molecule has 0 amide bonds. The Labute approximate surface area is 107 Å². The molecule has 0 spiro atoms. The minimum Gasteiger partial charge on any atom is -0.484 e. The monoisotopic (exact) mass is 271 g/mol. The van der Waals surface area contributed by atoms with Gasteiger partial charge in [-0.1, -0.05) is 11.6 Å². The lowest BCUT2D eigenvalue weighted by Gasteiger charge is -2.15. The zero-order chi connectivity index (χ0) is 12.0. The molecule has 1 aliphatic rings. The van der Waals surface area contributed by atoms with E-state index in [0.717, 1.165) is 16.3 Å². The van der Waals surface area contributed by atoms with E-state index in [2.05, 4.69) is 4.98 Å². The van der Waals surface area contributed by atoms with Crippen molar-refractivity contribution in [1.29, 1.82) is 0 Å². The predicted octanol–water partition coefficient (Wildman–Crippen LogP) is 3.44. The summed E-state index contributed by atoms with van der Waals surface area (Å²) in [7, 11) is 0.